The van der Waals surface area contributed by atoms with Crippen molar-refractivity contribution in [3.05, 3.63) is 77.5 Å². The number of carbonyl (C=O) groups is 2. The zero-order valence-electron chi connectivity index (χ0n) is 19.4. The van der Waals surface area contributed by atoms with Crippen LogP contribution in [0.4, 0.5) is 28.8 Å². The van der Waals surface area contributed by atoms with Gasteiger partial charge in [0.25, 0.3) is 0 Å². The second-order valence-corrected chi connectivity index (χ2v) is 8.65. The summed E-state index contributed by atoms with van der Waals surface area (Å²) in [6, 6.07) is 14.4. The molecule has 2 aromatic carbocycles. The number of anilines is 5. The fraction of sp³-hybridized carbons (Fsp3) is 0.192. The van der Waals surface area contributed by atoms with Crippen molar-refractivity contribution in [3.63, 3.8) is 0 Å². The van der Waals surface area contributed by atoms with Gasteiger partial charge in [0.2, 0.25) is 11.9 Å². The number of ketones is 1. The lowest BCUT2D eigenvalue weighted by Crippen LogP contribution is -2.40. The van der Waals surface area contributed by atoms with Crippen LogP contribution in [-0.4, -0.2) is 34.2 Å². The van der Waals surface area contributed by atoms with Crippen LogP contribution < -0.4 is 21.3 Å². The van der Waals surface area contributed by atoms with E-state index in [2.05, 4.69) is 33.2 Å². The summed E-state index contributed by atoms with van der Waals surface area (Å²) in [6.07, 6.45) is 4.46. The summed E-state index contributed by atoms with van der Waals surface area (Å²) < 4.78 is 0. The summed E-state index contributed by atoms with van der Waals surface area (Å²) in [6.45, 7) is 4.22. The van der Waals surface area contributed by atoms with Crippen LogP contribution in [0.2, 0.25) is 5.02 Å². The molecule has 0 saturated carbocycles. The zero-order chi connectivity index (χ0) is 25.7. The Kier molecular flexibility index (Phi) is 7.47. The third kappa shape index (κ3) is 5.45. The highest BCUT2D eigenvalue weighted by Crippen LogP contribution is 2.31. The maximum atomic E-state index is 11.9. The van der Waals surface area contributed by atoms with Gasteiger partial charge >= 0.3 is 0 Å². The molecule has 0 bridgehead atoms. The van der Waals surface area contributed by atoms with E-state index >= 15 is 0 Å². The minimum absolute atomic E-state index is 0.107. The summed E-state index contributed by atoms with van der Waals surface area (Å²) in [7, 11) is 0. The summed E-state index contributed by atoms with van der Waals surface area (Å²) in [5.74, 6) is 0.0772. The quantitative estimate of drug-likeness (QED) is 0.370. The van der Waals surface area contributed by atoms with Gasteiger partial charge in [0, 0.05) is 24.3 Å². The van der Waals surface area contributed by atoms with E-state index in [1.165, 1.54) is 12.3 Å². The smallest absolute Gasteiger partial charge is 0.240 e. The Labute approximate surface area is 213 Å². The molecule has 9 nitrogen and oxygen atoms in total. The summed E-state index contributed by atoms with van der Waals surface area (Å²) >= 11 is 6.33. The SMILES string of the molecule is C=CC(=O)Cc1ccccc1Nc1nc(Nc2ccc(N3CCC[C@H]3C(N)=O)cc2C#N)ncc1Cl. The second-order valence-electron chi connectivity index (χ2n) is 8.24. The Morgan fingerprint density at radius 3 is 2.81 bits per heavy atom. The number of hydrogen-bond acceptors (Lipinski definition) is 8. The van der Waals surface area contributed by atoms with Gasteiger partial charge in [0.1, 0.15) is 17.1 Å². The van der Waals surface area contributed by atoms with Gasteiger partial charge in [-0.05, 0) is 48.7 Å². The molecule has 1 saturated heterocycles. The molecule has 0 unspecified atom stereocenters. The predicted octanol–water partition coefficient (Wildman–Crippen LogP) is 4.24. The Morgan fingerprint density at radius 2 is 2.06 bits per heavy atom. The van der Waals surface area contributed by atoms with Crippen LogP contribution in [0.5, 0.6) is 0 Å². The third-order valence-electron chi connectivity index (χ3n) is 5.89. The second kappa shape index (κ2) is 10.9. The number of nitrogens with zero attached hydrogens (tertiary/aromatic N) is 4. The highest BCUT2D eigenvalue weighted by Gasteiger charge is 2.29. The normalized spacial score (nSPS) is 14.7. The maximum absolute atomic E-state index is 11.9. The maximum Gasteiger partial charge on any atom is 0.240 e. The van der Waals surface area contributed by atoms with E-state index in [0.717, 1.165) is 17.7 Å². The Bertz CT molecular complexity index is 1370. The molecule has 1 fully saturated rings. The van der Waals surface area contributed by atoms with Crippen molar-refractivity contribution in [1.29, 1.82) is 5.26 Å². The van der Waals surface area contributed by atoms with Crippen molar-refractivity contribution < 1.29 is 9.59 Å². The van der Waals surface area contributed by atoms with Crippen molar-refractivity contribution in [2.24, 2.45) is 5.73 Å². The number of hydrogen-bond donors (Lipinski definition) is 3. The summed E-state index contributed by atoms with van der Waals surface area (Å²) in [4.78, 5) is 34.3. The minimum Gasteiger partial charge on any atom is -0.368 e. The number of amides is 1. The number of benzene rings is 2. The van der Waals surface area contributed by atoms with Gasteiger partial charge < -0.3 is 21.3 Å². The first-order valence-corrected chi connectivity index (χ1v) is 11.7. The fourth-order valence-electron chi connectivity index (χ4n) is 4.10. The van der Waals surface area contributed by atoms with Gasteiger partial charge in [-0.3, -0.25) is 9.59 Å². The van der Waals surface area contributed by atoms with E-state index in [0.29, 0.717) is 35.7 Å². The van der Waals surface area contributed by atoms with Crippen LogP contribution in [0.25, 0.3) is 0 Å². The molecule has 1 amide bonds. The van der Waals surface area contributed by atoms with Crippen LogP contribution in [-0.2, 0) is 16.0 Å². The Morgan fingerprint density at radius 1 is 1.25 bits per heavy atom. The Balaban J connectivity index is 1.57. The number of nitrogens with one attached hydrogen (secondary N) is 2. The molecule has 4 N–H and O–H groups in total. The van der Waals surface area contributed by atoms with Gasteiger partial charge in [-0.15, -0.1) is 0 Å². The van der Waals surface area contributed by atoms with E-state index in [4.69, 9.17) is 17.3 Å². The average Bonchev–Trinajstić information content (AvgIpc) is 3.38. The molecule has 2 heterocycles. The molecule has 0 radical (unpaired) electrons. The van der Waals surface area contributed by atoms with Gasteiger partial charge in [0.05, 0.1) is 17.4 Å². The topological polar surface area (TPSA) is 137 Å². The van der Waals surface area contributed by atoms with Gasteiger partial charge in [-0.25, -0.2) is 4.98 Å². The molecule has 4 rings (SSSR count). The van der Waals surface area contributed by atoms with E-state index in [9.17, 15) is 14.9 Å². The van der Waals surface area contributed by atoms with Crippen LogP contribution in [0.3, 0.4) is 0 Å². The molecule has 0 aliphatic carbocycles. The number of allylic oxidation sites excluding steroid dienone is 1. The molecule has 1 atom stereocenters. The van der Waals surface area contributed by atoms with Crippen LogP contribution >= 0.6 is 11.6 Å². The number of rotatable bonds is 9. The molecular weight excluding hydrogens is 478 g/mol. The fourth-order valence-corrected chi connectivity index (χ4v) is 4.24. The number of aromatic nitrogens is 2. The minimum atomic E-state index is -0.381. The number of nitriles is 1. The highest BCUT2D eigenvalue weighted by molar-refractivity contribution is 6.33. The van der Waals surface area contributed by atoms with Crippen LogP contribution in [0.15, 0.2) is 61.3 Å². The van der Waals surface area contributed by atoms with Gasteiger partial charge in [-0.1, -0.05) is 36.4 Å². The number of carbonyl (C=O) groups excluding carboxylic acids is 2. The first-order valence-electron chi connectivity index (χ1n) is 11.3. The van der Waals surface area contributed by atoms with Crippen molar-refractivity contribution in [2.75, 3.05) is 22.1 Å². The van der Waals surface area contributed by atoms with Crippen LogP contribution in [0, 0.1) is 11.3 Å². The average molecular weight is 502 g/mol. The number of para-hydroxylation sites is 1. The number of nitrogens with two attached hydrogens (primary N) is 1. The molecule has 1 aromatic heterocycles. The Hall–Kier alpha value is -4.42. The third-order valence-corrected chi connectivity index (χ3v) is 6.17. The lowest BCUT2D eigenvalue weighted by Gasteiger charge is -2.25. The molecular formula is C26H24ClN7O2. The standard InChI is InChI=1S/C26H24ClN7O2/c1-2-19(35)13-16-6-3-4-7-21(16)31-25-20(27)15-30-26(33-25)32-22-10-9-18(12-17(22)14-28)34-11-5-8-23(34)24(29)36/h2-4,6-7,9-10,12,15,23H,1,5,8,11,13H2,(H2,29,36)(H2,30,31,32,33)/t23-/m0/s1. The van der Waals surface area contributed by atoms with E-state index in [1.54, 1.807) is 12.1 Å². The molecule has 0 spiro atoms. The lowest BCUT2D eigenvalue weighted by molar-refractivity contribution is -0.119. The molecule has 1 aliphatic heterocycles. The first kappa shape index (κ1) is 24.7. The first-order chi connectivity index (χ1) is 17.4. The van der Waals surface area contributed by atoms with E-state index < -0.39 is 0 Å². The molecule has 3 aromatic rings. The van der Waals surface area contributed by atoms with Crippen molar-refractivity contribution >= 4 is 52.1 Å². The zero-order valence-corrected chi connectivity index (χ0v) is 20.1. The molecule has 1 aliphatic rings. The monoisotopic (exact) mass is 501 g/mol. The number of primary amides is 1. The summed E-state index contributed by atoms with van der Waals surface area (Å²) in [5, 5.41) is 16.3. The lowest BCUT2D eigenvalue weighted by atomic mass is 10.1. The molecule has 182 valence electrons. The van der Waals surface area contributed by atoms with Gasteiger partial charge in [0.15, 0.2) is 11.6 Å². The highest BCUT2D eigenvalue weighted by atomic mass is 35.5. The van der Waals surface area contributed by atoms with Crippen LogP contribution in [0.1, 0.15) is 24.0 Å². The number of halogens is 1. The van der Waals surface area contributed by atoms with Crippen molar-refractivity contribution in [2.45, 2.75) is 25.3 Å². The van der Waals surface area contributed by atoms with Crippen molar-refractivity contribution in [3.8, 4) is 6.07 Å². The van der Waals surface area contributed by atoms with E-state index in [1.807, 2.05) is 35.2 Å². The van der Waals surface area contributed by atoms with E-state index in [-0.39, 0.29) is 35.1 Å². The van der Waals surface area contributed by atoms with Crippen molar-refractivity contribution in [1.82, 2.24) is 9.97 Å². The predicted molar refractivity (Wildman–Crippen MR) is 140 cm³/mol. The molecule has 36 heavy (non-hydrogen) atoms. The molecule has 10 heteroatoms. The van der Waals surface area contributed by atoms with Gasteiger partial charge in [-0.2, -0.15) is 10.2 Å². The largest absolute Gasteiger partial charge is 0.368 e. The summed E-state index contributed by atoms with van der Waals surface area (Å²) in [5.41, 5.74) is 8.60.